The van der Waals surface area contributed by atoms with E-state index in [2.05, 4.69) is 10.2 Å². The van der Waals surface area contributed by atoms with Crippen LogP contribution in [0.4, 0.5) is 0 Å². The molecule has 2 N–H and O–H groups in total. The highest BCUT2D eigenvalue weighted by atomic mass is 16.5. The summed E-state index contributed by atoms with van der Waals surface area (Å²) in [5.41, 5.74) is 6.30. The lowest BCUT2D eigenvalue weighted by atomic mass is 10.3. The highest BCUT2D eigenvalue weighted by molar-refractivity contribution is 5.46. The Bertz CT molecular complexity index is 413. The average Bonchev–Trinajstić information content (AvgIpc) is 2.80. The zero-order chi connectivity index (χ0) is 10.5. The van der Waals surface area contributed by atoms with Crippen molar-refractivity contribution in [3.63, 3.8) is 0 Å². The number of benzene rings is 1. The van der Waals surface area contributed by atoms with Gasteiger partial charge in [0.2, 0.25) is 0 Å². The summed E-state index contributed by atoms with van der Waals surface area (Å²) < 4.78 is 7.31. The predicted molar refractivity (Wildman–Crippen MR) is 55.9 cm³/mol. The predicted octanol–water partition coefficient (Wildman–Crippen LogP) is 0.605. The molecule has 0 saturated heterocycles. The molecule has 0 saturated carbocycles. The van der Waals surface area contributed by atoms with Crippen LogP contribution in [0.1, 0.15) is 0 Å². The van der Waals surface area contributed by atoms with Crippen LogP contribution >= 0.6 is 0 Å². The molecule has 1 aromatic heterocycles. The third kappa shape index (κ3) is 2.13. The monoisotopic (exact) mass is 204 g/mol. The van der Waals surface area contributed by atoms with Gasteiger partial charge >= 0.3 is 0 Å². The molecule has 15 heavy (non-hydrogen) atoms. The maximum absolute atomic E-state index is 5.51. The van der Waals surface area contributed by atoms with Gasteiger partial charge in [-0.3, -0.25) is 4.57 Å². The van der Waals surface area contributed by atoms with Gasteiger partial charge in [-0.2, -0.15) is 0 Å². The van der Waals surface area contributed by atoms with E-state index in [1.807, 2.05) is 24.3 Å². The second-order valence-corrected chi connectivity index (χ2v) is 2.97. The minimum absolute atomic E-state index is 0.497. The molecule has 0 atom stereocenters. The molecular formula is C10H12N4O. The van der Waals surface area contributed by atoms with Crippen LogP contribution in [-0.4, -0.2) is 27.9 Å². The van der Waals surface area contributed by atoms with E-state index in [4.69, 9.17) is 10.5 Å². The van der Waals surface area contributed by atoms with E-state index in [0.29, 0.717) is 13.2 Å². The van der Waals surface area contributed by atoms with E-state index >= 15 is 0 Å². The summed E-state index contributed by atoms with van der Waals surface area (Å²) in [6.07, 6.45) is 3.26. The molecule has 1 aromatic carbocycles. The summed E-state index contributed by atoms with van der Waals surface area (Å²) in [4.78, 5) is 0. The first-order valence-electron chi connectivity index (χ1n) is 4.68. The lowest BCUT2D eigenvalue weighted by Crippen LogP contribution is -2.11. The van der Waals surface area contributed by atoms with Gasteiger partial charge in [0.25, 0.3) is 0 Å². The summed E-state index contributed by atoms with van der Waals surface area (Å²) >= 11 is 0. The molecule has 5 nitrogen and oxygen atoms in total. The van der Waals surface area contributed by atoms with Gasteiger partial charge in [0.05, 0.1) is 5.69 Å². The molecule has 0 bridgehead atoms. The Kier molecular flexibility index (Phi) is 2.94. The fourth-order valence-corrected chi connectivity index (χ4v) is 1.29. The van der Waals surface area contributed by atoms with Crippen LogP contribution in [0.2, 0.25) is 0 Å². The van der Waals surface area contributed by atoms with Crippen molar-refractivity contribution >= 4 is 0 Å². The van der Waals surface area contributed by atoms with Crippen molar-refractivity contribution in [2.24, 2.45) is 5.73 Å². The normalized spacial score (nSPS) is 10.2. The number of hydrogen-bond acceptors (Lipinski definition) is 4. The molecule has 0 radical (unpaired) electrons. The molecule has 0 unspecified atom stereocenters. The van der Waals surface area contributed by atoms with Gasteiger partial charge in [-0.1, -0.05) is 12.1 Å². The van der Waals surface area contributed by atoms with E-state index in [0.717, 1.165) is 11.4 Å². The topological polar surface area (TPSA) is 66.0 Å². The fraction of sp³-hybridized carbons (Fsp3) is 0.200. The van der Waals surface area contributed by atoms with Gasteiger partial charge in [-0.25, -0.2) is 0 Å². The van der Waals surface area contributed by atoms with Crippen LogP contribution in [-0.2, 0) is 0 Å². The van der Waals surface area contributed by atoms with Gasteiger partial charge < -0.3 is 10.5 Å². The Morgan fingerprint density at radius 2 is 1.93 bits per heavy atom. The largest absolute Gasteiger partial charge is 0.490 e. The van der Waals surface area contributed by atoms with Crippen LogP contribution in [0.5, 0.6) is 5.75 Å². The lowest BCUT2D eigenvalue weighted by molar-refractivity contribution is 0.327. The highest BCUT2D eigenvalue weighted by Gasteiger charge is 2.03. The minimum atomic E-state index is 0.497. The second kappa shape index (κ2) is 4.56. The van der Waals surface area contributed by atoms with Gasteiger partial charge in [-0.15, -0.1) is 10.2 Å². The van der Waals surface area contributed by atoms with Crippen molar-refractivity contribution < 1.29 is 4.74 Å². The van der Waals surface area contributed by atoms with Crippen LogP contribution in [0, 0.1) is 0 Å². The maximum atomic E-state index is 5.51. The Balaban J connectivity index is 2.30. The lowest BCUT2D eigenvalue weighted by Gasteiger charge is -2.10. The first-order chi connectivity index (χ1) is 7.42. The van der Waals surface area contributed by atoms with Crippen LogP contribution < -0.4 is 10.5 Å². The third-order valence-corrected chi connectivity index (χ3v) is 1.94. The summed E-state index contributed by atoms with van der Waals surface area (Å²) in [5, 5.41) is 7.51. The van der Waals surface area contributed by atoms with E-state index in [1.165, 1.54) is 0 Å². The molecule has 0 aliphatic heterocycles. The fourth-order valence-electron chi connectivity index (χ4n) is 1.29. The first kappa shape index (κ1) is 9.67. The SMILES string of the molecule is NCCOc1ccccc1-n1cnnc1. The van der Waals surface area contributed by atoms with Crippen molar-refractivity contribution in [3.05, 3.63) is 36.9 Å². The van der Waals surface area contributed by atoms with Crippen LogP contribution in [0.3, 0.4) is 0 Å². The molecule has 1 heterocycles. The maximum Gasteiger partial charge on any atom is 0.143 e. The number of nitrogens with zero attached hydrogens (tertiary/aromatic N) is 3. The molecule has 0 aliphatic rings. The molecule has 0 aliphatic carbocycles. The van der Waals surface area contributed by atoms with E-state index in [-0.39, 0.29) is 0 Å². The summed E-state index contributed by atoms with van der Waals surface area (Å²) in [6.45, 7) is 0.996. The zero-order valence-electron chi connectivity index (χ0n) is 8.21. The number of ether oxygens (including phenoxy) is 1. The molecule has 5 heteroatoms. The van der Waals surface area contributed by atoms with Crippen LogP contribution in [0.15, 0.2) is 36.9 Å². The van der Waals surface area contributed by atoms with Crippen molar-refractivity contribution in [2.75, 3.05) is 13.2 Å². The van der Waals surface area contributed by atoms with Crippen molar-refractivity contribution in [1.82, 2.24) is 14.8 Å². The number of nitrogens with two attached hydrogens (primary N) is 1. The Morgan fingerprint density at radius 1 is 1.20 bits per heavy atom. The van der Waals surface area contributed by atoms with E-state index < -0.39 is 0 Å². The molecule has 0 amide bonds. The van der Waals surface area contributed by atoms with E-state index in [1.54, 1.807) is 17.2 Å². The standard InChI is InChI=1S/C10H12N4O/c11-5-6-15-10-4-2-1-3-9(10)14-7-12-13-8-14/h1-4,7-8H,5-6,11H2. The Hall–Kier alpha value is -1.88. The third-order valence-electron chi connectivity index (χ3n) is 1.94. The second-order valence-electron chi connectivity index (χ2n) is 2.97. The van der Waals surface area contributed by atoms with Gasteiger partial charge in [0, 0.05) is 6.54 Å². The first-order valence-corrected chi connectivity index (χ1v) is 4.68. The summed E-state index contributed by atoms with van der Waals surface area (Å²) in [7, 11) is 0. The zero-order valence-corrected chi connectivity index (χ0v) is 8.21. The van der Waals surface area contributed by atoms with E-state index in [9.17, 15) is 0 Å². The highest BCUT2D eigenvalue weighted by Crippen LogP contribution is 2.21. The minimum Gasteiger partial charge on any atom is -0.490 e. The quantitative estimate of drug-likeness (QED) is 0.792. The average molecular weight is 204 g/mol. The number of hydrogen-bond donors (Lipinski definition) is 1. The smallest absolute Gasteiger partial charge is 0.143 e. The number of para-hydroxylation sites is 2. The molecule has 2 rings (SSSR count). The van der Waals surface area contributed by atoms with Crippen molar-refractivity contribution in [3.8, 4) is 11.4 Å². The van der Waals surface area contributed by atoms with Gasteiger partial charge in [0.15, 0.2) is 0 Å². The van der Waals surface area contributed by atoms with Crippen molar-refractivity contribution in [2.45, 2.75) is 0 Å². The van der Waals surface area contributed by atoms with Crippen LogP contribution in [0.25, 0.3) is 5.69 Å². The van der Waals surface area contributed by atoms with Gasteiger partial charge in [-0.05, 0) is 12.1 Å². The number of rotatable bonds is 4. The summed E-state index contributed by atoms with van der Waals surface area (Å²) in [6, 6.07) is 7.69. The molecule has 2 aromatic rings. The molecule has 0 spiro atoms. The number of aromatic nitrogens is 3. The Morgan fingerprint density at radius 3 is 2.67 bits per heavy atom. The molecule has 0 fully saturated rings. The molecular weight excluding hydrogens is 192 g/mol. The molecule has 78 valence electrons. The van der Waals surface area contributed by atoms with Gasteiger partial charge in [0.1, 0.15) is 25.0 Å². The Labute approximate surface area is 87.5 Å². The van der Waals surface area contributed by atoms with Crippen molar-refractivity contribution in [1.29, 1.82) is 0 Å². The summed E-state index contributed by atoms with van der Waals surface area (Å²) in [5.74, 6) is 0.780.